The van der Waals surface area contributed by atoms with E-state index in [1.807, 2.05) is 13.8 Å². The normalized spacial score (nSPS) is 25.5. The largest absolute Gasteiger partial charge is 0.479 e. The molecule has 0 saturated carbocycles. The van der Waals surface area contributed by atoms with Gasteiger partial charge in [0.25, 0.3) is 0 Å². The van der Waals surface area contributed by atoms with Gasteiger partial charge in [0, 0.05) is 5.75 Å². The summed E-state index contributed by atoms with van der Waals surface area (Å²) in [5, 5.41) is 11.8. The van der Waals surface area contributed by atoms with E-state index in [0.29, 0.717) is 12.2 Å². The fourth-order valence-electron chi connectivity index (χ4n) is 1.52. The monoisotopic (exact) mass is 261 g/mol. The first-order chi connectivity index (χ1) is 8.00. The first-order valence-corrected chi connectivity index (χ1v) is 6.89. The number of hydrogen-bond acceptors (Lipinski definition) is 4. The summed E-state index contributed by atoms with van der Waals surface area (Å²) in [7, 11) is 0. The van der Waals surface area contributed by atoms with Crippen LogP contribution in [-0.4, -0.2) is 46.7 Å². The van der Waals surface area contributed by atoms with E-state index in [9.17, 15) is 9.59 Å². The SMILES string of the molecule is CCC(C)OCC(=O)NC1(C(=O)O)CCSC1. The molecule has 1 saturated heterocycles. The molecule has 1 heterocycles. The predicted molar refractivity (Wildman–Crippen MR) is 66.2 cm³/mol. The highest BCUT2D eigenvalue weighted by atomic mass is 32.2. The number of carboxylic acids is 1. The summed E-state index contributed by atoms with van der Waals surface area (Å²) in [6.07, 6.45) is 1.31. The second-order valence-electron chi connectivity index (χ2n) is 4.27. The van der Waals surface area contributed by atoms with Gasteiger partial charge in [-0.05, 0) is 25.5 Å². The molecule has 2 unspecified atom stereocenters. The summed E-state index contributed by atoms with van der Waals surface area (Å²) >= 11 is 1.54. The Balaban J connectivity index is 2.45. The molecule has 0 spiro atoms. The maximum atomic E-state index is 11.6. The van der Waals surface area contributed by atoms with Crippen molar-refractivity contribution in [2.45, 2.75) is 38.3 Å². The van der Waals surface area contributed by atoms with E-state index in [1.165, 1.54) is 0 Å². The van der Waals surface area contributed by atoms with E-state index >= 15 is 0 Å². The number of amides is 1. The molecule has 1 aliphatic rings. The number of rotatable bonds is 6. The van der Waals surface area contributed by atoms with Crippen molar-refractivity contribution >= 4 is 23.6 Å². The van der Waals surface area contributed by atoms with Gasteiger partial charge in [0.1, 0.15) is 12.1 Å². The van der Waals surface area contributed by atoms with Crippen molar-refractivity contribution in [1.29, 1.82) is 0 Å². The van der Waals surface area contributed by atoms with Crippen molar-refractivity contribution in [3.63, 3.8) is 0 Å². The average Bonchev–Trinajstić information content (AvgIpc) is 2.75. The molecule has 2 atom stereocenters. The Morgan fingerprint density at radius 3 is 2.76 bits per heavy atom. The second-order valence-corrected chi connectivity index (χ2v) is 5.37. The molecule has 98 valence electrons. The van der Waals surface area contributed by atoms with E-state index in [1.54, 1.807) is 11.8 Å². The van der Waals surface area contributed by atoms with Crippen LogP contribution < -0.4 is 5.32 Å². The van der Waals surface area contributed by atoms with Gasteiger partial charge < -0.3 is 15.2 Å². The third-order valence-electron chi connectivity index (χ3n) is 2.88. The van der Waals surface area contributed by atoms with Crippen molar-refractivity contribution in [3.8, 4) is 0 Å². The van der Waals surface area contributed by atoms with Crippen LogP contribution in [0, 0.1) is 0 Å². The van der Waals surface area contributed by atoms with Gasteiger partial charge in [0.15, 0.2) is 0 Å². The lowest BCUT2D eigenvalue weighted by Gasteiger charge is -2.24. The predicted octanol–water partition coefficient (Wildman–Crippen LogP) is 0.878. The van der Waals surface area contributed by atoms with E-state index in [4.69, 9.17) is 9.84 Å². The number of thioether (sulfide) groups is 1. The Hall–Kier alpha value is -0.750. The van der Waals surface area contributed by atoms with E-state index < -0.39 is 11.5 Å². The quantitative estimate of drug-likeness (QED) is 0.742. The fraction of sp³-hybridized carbons (Fsp3) is 0.818. The van der Waals surface area contributed by atoms with Crippen molar-refractivity contribution in [1.82, 2.24) is 5.32 Å². The first-order valence-electron chi connectivity index (χ1n) is 5.74. The van der Waals surface area contributed by atoms with Gasteiger partial charge in [-0.3, -0.25) is 4.79 Å². The minimum atomic E-state index is -1.10. The molecule has 0 radical (unpaired) electrons. The van der Waals surface area contributed by atoms with Crippen molar-refractivity contribution < 1.29 is 19.4 Å². The van der Waals surface area contributed by atoms with Crippen LogP contribution >= 0.6 is 11.8 Å². The van der Waals surface area contributed by atoms with Crippen LogP contribution in [0.15, 0.2) is 0 Å². The summed E-state index contributed by atoms with van der Waals surface area (Å²) in [5.74, 6) is -0.120. The van der Waals surface area contributed by atoms with Crippen molar-refractivity contribution in [2.75, 3.05) is 18.1 Å². The molecule has 6 heteroatoms. The van der Waals surface area contributed by atoms with Gasteiger partial charge in [-0.15, -0.1) is 0 Å². The number of carboxylic acid groups (broad SMARTS) is 1. The topological polar surface area (TPSA) is 75.6 Å². The first kappa shape index (κ1) is 14.3. The third-order valence-corrected chi connectivity index (χ3v) is 4.07. The van der Waals surface area contributed by atoms with Crippen molar-refractivity contribution in [2.24, 2.45) is 0 Å². The van der Waals surface area contributed by atoms with Crippen LogP contribution in [0.3, 0.4) is 0 Å². The molecule has 5 nitrogen and oxygen atoms in total. The summed E-state index contributed by atoms with van der Waals surface area (Å²) in [6.45, 7) is 3.77. The molecule has 1 aliphatic heterocycles. The van der Waals surface area contributed by atoms with E-state index in [-0.39, 0.29) is 18.6 Å². The van der Waals surface area contributed by atoms with Gasteiger partial charge in [0.2, 0.25) is 5.91 Å². The fourth-order valence-corrected chi connectivity index (χ4v) is 2.85. The molecular formula is C11H19NO4S. The van der Waals surface area contributed by atoms with E-state index in [2.05, 4.69) is 5.32 Å². The van der Waals surface area contributed by atoms with Crippen LogP contribution in [0.5, 0.6) is 0 Å². The van der Waals surface area contributed by atoms with Crippen LogP contribution in [0.1, 0.15) is 26.7 Å². The Labute approximate surface area is 105 Å². The highest BCUT2D eigenvalue weighted by molar-refractivity contribution is 7.99. The Bertz CT molecular complexity index is 289. The third kappa shape index (κ3) is 3.89. The average molecular weight is 261 g/mol. The van der Waals surface area contributed by atoms with E-state index in [0.717, 1.165) is 12.2 Å². The zero-order valence-corrected chi connectivity index (χ0v) is 11.0. The summed E-state index contributed by atoms with van der Waals surface area (Å²) < 4.78 is 5.28. The lowest BCUT2D eigenvalue weighted by molar-refractivity contribution is -0.147. The summed E-state index contributed by atoms with van der Waals surface area (Å²) in [5.41, 5.74) is -1.10. The number of aliphatic carboxylic acids is 1. The minimum absolute atomic E-state index is 0.0134. The Morgan fingerprint density at radius 2 is 2.29 bits per heavy atom. The molecule has 0 aliphatic carbocycles. The maximum Gasteiger partial charge on any atom is 0.330 e. The molecule has 0 aromatic carbocycles. The standard InChI is InChI=1S/C11H19NO4S/c1-3-8(2)16-6-9(13)12-11(10(14)15)4-5-17-7-11/h8H,3-7H2,1-2H3,(H,12,13)(H,14,15). The zero-order chi connectivity index (χ0) is 12.9. The minimum Gasteiger partial charge on any atom is -0.479 e. The maximum absolute atomic E-state index is 11.6. The van der Waals surface area contributed by atoms with Gasteiger partial charge in [-0.2, -0.15) is 11.8 Å². The molecule has 1 rings (SSSR count). The number of nitrogens with one attached hydrogen (secondary N) is 1. The Kier molecular flexibility index (Phi) is 5.27. The highest BCUT2D eigenvalue weighted by Gasteiger charge is 2.43. The second kappa shape index (κ2) is 6.26. The molecular weight excluding hydrogens is 242 g/mol. The van der Waals surface area contributed by atoms with Crippen molar-refractivity contribution in [3.05, 3.63) is 0 Å². The molecule has 2 N–H and O–H groups in total. The zero-order valence-electron chi connectivity index (χ0n) is 10.2. The molecule has 1 amide bonds. The van der Waals surface area contributed by atoms with Gasteiger partial charge in [-0.25, -0.2) is 4.79 Å². The number of hydrogen-bond donors (Lipinski definition) is 2. The smallest absolute Gasteiger partial charge is 0.330 e. The molecule has 17 heavy (non-hydrogen) atoms. The Morgan fingerprint density at radius 1 is 1.59 bits per heavy atom. The lowest BCUT2D eigenvalue weighted by Crippen LogP contribution is -2.55. The lowest BCUT2D eigenvalue weighted by atomic mass is 9.99. The summed E-state index contributed by atoms with van der Waals surface area (Å²) in [6, 6.07) is 0. The molecule has 0 aromatic heterocycles. The highest BCUT2D eigenvalue weighted by Crippen LogP contribution is 2.28. The number of ether oxygens (including phenoxy) is 1. The van der Waals surface area contributed by atoms with Crippen LogP contribution in [-0.2, 0) is 14.3 Å². The van der Waals surface area contributed by atoms with Gasteiger partial charge >= 0.3 is 5.97 Å². The summed E-state index contributed by atoms with van der Waals surface area (Å²) in [4.78, 5) is 22.8. The molecule has 0 bridgehead atoms. The number of carbonyl (C=O) groups excluding carboxylic acids is 1. The van der Waals surface area contributed by atoms with Gasteiger partial charge in [0.05, 0.1) is 6.10 Å². The van der Waals surface area contributed by atoms with Crippen LogP contribution in [0.2, 0.25) is 0 Å². The number of carbonyl (C=O) groups is 2. The van der Waals surface area contributed by atoms with Crippen LogP contribution in [0.25, 0.3) is 0 Å². The van der Waals surface area contributed by atoms with Crippen LogP contribution in [0.4, 0.5) is 0 Å². The molecule has 0 aromatic rings. The van der Waals surface area contributed by atoms with Gasteiger partial charge in [-0.1, -0.05) is 6.92 Å². The molecule has 1 fully saturated rings.